The molecule has 3 aliphatic heterocycles. The Hall–Kier alpha value is -2.45. The second-order valence-electron chi connectivity index (χ2n) is 9.78. The molecular weight excluding hydrogens is 418 g/mol. The van der Waals surface area contributed by atoms with Gasteiger partial charge in [-0.25, -0.2) is 0 Å². The van der Waals surface area contributed by atoms with E-state index in [9.17, 15) is 9.59 Å². The molecule has 0 radical (unpaired) electrons. The minimum atomic E-state index is -0.337. The number of benzene rings is 1. The summed E-state index contributed by atoms with van der Waals surface area (Å²) in [7, 11) is 1.68. The van der Waals surface area contributed by atoms with Gasteiger partial charge in [-0.15, -0.1) is 0 Å². The maximum atomic E-state index is 13.7. The summed E-state index contributed by atoms with van der Waals surface area (Å²) in [5, 5.41) is 8.30. The molecule has 2 amide bonds. The van der Waals surface area contributed by atoms with E-state index in [-0.39, 0.29) is 24.2 Å². The van der Waals surface area contributed by atoms with Crippen molar-refractivity contribution in [1.82, 2.24) is 20.0 Å². The lowest BCUT2D eigenvalue weighted by molar-refractivity contribution is -0.137. The Balaban J connectivity index is 1.30. The van der Waals surface area contributed by atoms with Crippen molar-refractivity contribution in [2.24, 2.45) is 11.8 Å². The quantitative estimate of drug-likeness (QED) is 0.697. The van der Waals surface area contributed by atoms with Gasteiger partial charge in [0.05, 0.1) is 18.0 Å². The van der Waals surface area contributed by atoms with Crippen LogP contribution in [0.2, 0.25) is 0 Å². The maximum Gasteiger partial charge on any atom is 0.229 e. The molecule has 2 aromatic rings. The average molecular weight is 454 g/mol. The summed E-state index contributed by atoms with van der Waals surface area (Å²) in [5.74, 6) is 0.836. The average Bonchev–Trinajstić information content (AvgIpc) is 3.44. The van der Waals surface area contributed by atoms with Gasteiger partial charge in [0.2, 0.25) is 11.8 Å². The van der Waals surface area contributed by atoms with Crippen LogP contribution in [-0.4, -0.2) is 84.3 Å². The third kappa shape index (κ3) is 4.51. The van der Waals surface area contributed by atoms with E-state index in [4.69, 9.17) is 4.74 Å². The van der Waals surface area contributed by atoms with Crippen molar-refractivity contribution in [3.63, 3.8) is 0 Å². The number of para-hydroxylation sites is 1. The molecule has 3 fully saturated rings. The molecule has 0 bridgehead atoms. The van der Waals surface area contributed by atoms with Crippen LogP contribution in [0.5, 0.6) is 0 Å². The number of hydrogen-bond acceptors (Lipinski definition) is 5. The van der Waals surface area contributed by atoms with Crippen LogP contribution in [0.4, 0.5) is 5.82 Å². The number of anilines is 1. The fraction of sp³-hybridized carbons (Fsp3) is 0.640. The van der Waals surface area contributed by atoms with Crippen LogP contribution in [0.1, 0.15) is 38.5 Å². The lowest BCUT2D eigenvalue weighted by Crippen LogP contribution is -2.52. The van der Waals surface area contributed by atoms with Gasteiger partial charge in [-0.05, 0) is 56.8 Å². The number of carbonyl (C=O) groups excluding carboxylic acids is 2. The van der Waals surface area contributed by atoms with E-state index < -0.39 is 0 Å². The van der Waals surface area contributed by atoms with Gasteiger partial charge in [0.15, 0.2) is 5.82 Å². The topological polar surface area (TPSA) is 81.8 Å². The number of carbonyl (C=O) groups is 2. The Morgan fingerprint density at radius 1 is 1.21 bits per heavy atom. The number of methoxy groups -OCH3 is 1. The number of aromatic nitrogens is 2. The molecule has 3 atom stereocenters. The summed E-state index contributed by atoms with van der Waals surface area (Å²) in [6.07, 6.45) is 6.43. The highest BCUT2D eigenvalue weighted by molar-refractivity contribution is 6.05. The largest absolute Gasteiger partial charge is 0.383 e. The standard InChI is InChI=1S/C25H35N5O3/c1-33-14-13-29(16-18-7-6-12-28-11-5-4-10-22(18)28)25(32)19-15-23(31)30(17-19)24-20-8-2-3-9-21(20)26-27-24/h2-3,8-9,18-19,22H,4-7,10-17H2,1H3,(H,26,27)/t18-,19-,22+/m0/s1. The Bertz CT molecular complexity index is 989. The molecule has 1 N–H and O–H groups in total. The first-order chi connectivity index (χ1) is 16.2. The summed E-state index contributed by atoms with van der Waals surface area (Å²) in [5.41, 5.74) is 0.895. The first-order valence-corrected chi connectivity index (χ1v) is 12.4. The molecule has 3 aliphatic rings. The van der Waals surface area contributed by atoms with Crippen LogP contribution in [0, 0.1) is 11.8 Å². The van der Waals surface area contributed by atoms with E-state index >= 15 is 0 Å². The van der Waals surface area contributed by atoms with Gasteiger partial charge >= 0.3 is 0 Å². The molecule has 5 rings (SSSR count). The molecule has 1 aromatic heterocycles. The van der Waals surface area contributed by atoms with E-state index in [1.54, 1.807) is 12.0 Å². The summed E-state index contributed by atoms with van der Waals surface area (Å²) < 4.78 is 5.33. The van der Waals surface area contributed by atoms with Crippen LogP contribution < -0.4 is 4.90 Å². The zero-order chi connectivity index (χ0) is 22.8. The Morgan fingerprint density at radius 3 is 2.94 bits per heavy atom. The summed E-state index contributed by atoms with van der Waals surface area (Å²) in [6, 6.07) is 8.37. The number of nitrogens with one attached hydrogen (secondary N) is 1. The van der Waals surface area contributed by atoms with Gasteiger partial charge in [-0.1, -0.05) is 18.6 Å². The van der Waals surface area contributed by atoms with Crippen molar-refractivity contribution in [3.8, 4) is 0 Å². The zero-order valence-corrected chi connectivity index (χ0v) is 19.5. The molecule has 178 valence electrons. The number of hydrogen-bond donors (Lipinski definition) is 1. The highest BCUT2D eigenvalue weighted by atomic mass is 16.5. The normalized spacial score (nSPS) is 26.0. The van der Waals surface area contributed by atoms with Gasteiger partial charge in [-0.2, -0.15) is 5.10 Å². The second-order valence-corrected chi connectivity index (χ2v) is 9.78. The van der Waals surface area contributed by atoms with Crippen LogP contribution >= 0.6 is 0 Å². The third-order valence-corrected chi connectivity index (χ3v) is 7.74. The lowest BCUT2D eigenvalue weighted by Gasteiger charge is -2.46. The number of piperidine rings is 2. The Kier molecular flexibility index (Phi) is 6.64. The highest BCUT2D eigenvalue weighted by Crippen LogP contribution is 2.33. The van der Waals surface area contributed by atoms with Crippen molar-refractivity contribution >= 4 is 28.5 Å². The van der Waals surface area contributed by atoms with E-state index in [0.717, 1.165) is 17.4 Å². The Labute approximate surface area is 195 Å². The number of amides is 2. The summed E-state index contributed by atoms with van der Waals surface area (Å²) >= 11 is 0. The molecule has 0 unspecified atom stereocenters. The maximum absolute atomic E-state index is 13.7. The van der Waals surface area contributed by atoms with Crippen LogP contribution in [0.15, 0.2) is 24.3 Å². The number of H-pyrrole nitrogens is 1. The molecule has 0 aliphatic carbocycles. The zero-order valence-electron chi connectivity index (χ0n) is 19.5. The molecular formula is C25H35N5O3. The van der Waals surface area contributed by atoms with Crippen LogP contribution in [0.3, 0.4) is 0 Å². The van der Waals surface area contributed by atoms with Crippen LogP contribution in [0.25, 0.3) is 10.9 Å². The lowest BCUT2D eigenvalue weighted by atomic mass is 9.83. The molecule has 33 heavy (non-hydrogen) atoms. The number of aromatic amines is 1. The van der Waals surface area contributed by atoms with E-state index in [1.807, 2.05) is 29.2 Å². The number of fused-ring (bicyclic) bond motifs is 2. The molecule has 8 heteroatoms. The minimum absolute atomic E-state index is 0.0339. The molecule has 1 aromatic carbocycles. The first kappa shape index (κ1) is 22.3. The predicted molar refractivity (Wildman–Crippen MR) is 127 cm³/mol. The van der Waals surface area contributed by atoms with Crippen molar-refractivity contribution in [2.45, 2.75) is 44.6 Å². The van der Waals surface area contributed by atoms with Gasteiger partial charge in [-0.3, -0.25) is 19.6 Å². The van der Waals surface area contributed by atoms with Crippen molar-refractivity contribution in [3.05, 3.63) is 24.3 Å². The summed E-state index contributed by atoms with van der Waals surface area (Å²) in [6.45, 7) is 4.62. The van der Waals surface area contributed by atoms with Gasteiger partial charge in [0.25, 0.3) is 0 Å². The SMILES string of the molecule is COCCN(C[C@@H]1CCCN2CCCC[C@H]12)C(=O)[C@H]1CC(=O)N(c2n[nH]c3ccccc23)C1. The third-order valence-electron chi connectivity index (χ3n) is 7.74. The first-order valence-electron chi connectivity index (χ1n) is 12.4. The van der Waals surface area contributed by atoms with E-state index in [0.29, 0.717) is 37.5 Å². The van der Waals surface area contributed by atoms with Crippen molar-refractivity contribution in [2.75, 3.05) is 51.3 Å². The predicted octanol–water partition coefficient (Wildman–Crippen LogP) is 2.66. The smallest absolute Gasteiger partial charge is 0.229 e. The molecule has 4 heterocycles. The van der Waals surface area contributed by atoms with Gasteiger partial charge < -0.3 is 14.5 Å². The molecule has 0 spiro atoms. The van der Waals surface area contributed by atoms with E-state index in [1.165, 1.54) is 45.2 Å². The summed E-state index contributed by atoms with van der Waals surface area (Å²) in [4.78, 5) is 32.9. The van der Waals surface area contributed by atoms with Gasteiger partial charge in [0.1, 0.15) is 0 Å². The van der Waals surface area contributed by atoms with Crippen LogP contribution in [-0.2, 0) is 14.3 Å². The number of ether oxygens (including phenoxy) is 1. The molecule has 3 saturated heterocycles. The highest BCUT2D eigenvalue weighted by Gasteiger charge is 2.40. The van der Waals surface area contributed by atoms with E-state index in [2.05, 4.69) is 15.1 Å². The van der Waals surface area contributed by atoms with Crippen molar-refractivity contribution < 1.29 is 14.3 Å². The second kappa shape index (κ2) is 9.81. The fourth-order valence-electron chi connectivity index (χ4n) is 6.06. The minimum Gasteiger partial charge on any atom is -0.383 e. The fourth-order valence-corrected chi connectivity index (χ4v) is 6.06. The number of nitrogens with zero attached hydrogens (tertiary/aromatic N) is 4. The number of rotatable bonds is 7. The molecule has 8 nitrogen and oxygen atoms in total. The Morgan fingerprint density at radius 2 is 2.06 bits per heavy atom. The molecule has 0 saturated carbocycles. The monoisotopic (exact) mass is 453 g/mol. The van der Waals surface area contributed by atoms with Gasteiger partial charge in [0, 0.05) is 44.6 Å². The van der Waals surface area contributed by atoms with Crippen molar-refractivity contribution in [1.29, 1.82) is 0 Å².